The second-order valence-corrected chi connectivity index (χ2v) is 4.45. The maximum atomic E-state index is 6.33. The van der Waals surface area contributed by atoms with Crippen molar-refractivity contribution in [3.05, 3.63) is 46.5 Å². The second kappa shape index (κ2) is 4.19. The van der Waals surface area contributed by atoms with Gasteiger partial charge in [-0.05, 0) is 49.8 Å². The maximum Gasteiger partial charge on any atom is 0.0516 e. The van der Waals surface area contributed by atoms with Gasteiger partial charge >= 0.3 is 0 Å². The van der Waals surface area contributed by atoms with Crippen molar-refractivity contribution in [2.24, 2.45) is 5.73 Å². The molecule has 15 heavy (non-hydrogen) atoms. The van der Waals surface area contributed by atoms with Gasteiger partial charge in [-0.1, -0.05) is 29.8 Å². The van der Waals surface area contributed by atoms with Crippen LogP contribution in [0.3, 0.4) is 0 Å². The number of rotatable bonds is 2. The van der Waals surface area contributed by atoms with Crippen LogP contribution in [0.2, 0.25) is 0 Å². The Labute approximate surface area is 92.0 Å². The summed E-state index contributed by atoms with van der Waals surface area (Å²) < 4.78 is 0. The van der Waals surface area contributed by atoms with Gasteiger partial charge < -0.3 is 5.73 Å². The van der Waals surface area contributed by atoms with Crippen molar-refractivity contribution in [1.82, 2.24) is 0 Å². The first kappa shape index (κ1) is 10.4. The van der Waals surface area contributed by atoms with Crippen molar-refractivity contribution in [3.63, 3.8) is 0 Å². The highest BCUT2D eigenvalue weighted by molar-refractivity contribution is 5.40. The van der Waals surface area contributed by atoms with Crippen LogP contribution in [0.1, 0.15) is 42.0 Å². The Morgan fingerprint density at radius 3 is 2.40 bits per heavy atom. The van der Waals surface area contributed by atoms with Gasteiger partial charge in [-0.25, -0.2) is 0 Å². The Morgan fingerprint density at radius 1 is 1.20 bits per heavy atom. The van der Waals surface area contributed by atoms with Crippen LogP contribution in [0.5, 0.6) is 0 Å². The average molecular weight is 201 g/mol. The van der Waals surface area contributed by atoms with E-state index < -0.39 is 0 Å². The molecule has 1 heteroatoms. The first-order valence-electron chi connectivity index (χ1n) is 5.71. The molecule has 1 nitrogen and oxygen atoms in total. The van der Waals surface area contributed by atoms with E-state index in [2.05, 4.69) is 38.1 Å². The predicted molar refractivity (Wildman–Crippen MR) is 64.8 cm³/mol. The van der Waals surface area contributed by atoms with Gasteiger partial charge in [-0.15, -0.1) is 0 Å². The molecule has 0 heterocycles. The lowest BCUT2D eigenvalue weighted by atomic mass is 9.91. The van der Waals surface area contributed by atoms with E-state index in [0.29, 0.717) is 0 Å². The highest BCUT2D eigenvalue weighted by Crippen LogP contribution is 2.31. The molecule has 0 saturated heterocycles. The molecule has 1 aromatic rings. The fourth-order valence-corrected chi connectivity index (χ4v) is 2.48. The first-order valence-corrected chi connectivity index (χ1v) is 5.71. The number of benzene rings is 1. The number of aryl methyl sites for hydroxylation is 2. The van der Waals surface area contributed by atoms with Crippen LogP contribution in [0.4, 0.5) is 0 Å². The smallest absolute Gasteiger partial charge is 0.0516 e. The van der Waals surface area contributed by atoms with E-state index in [9.17, 15) is 0 Å². The predicted octanol–water partition coefficient (Wildman–Crippen LogP) is 3.41. The van der Waals surface area contributed by atoms with Crippen molar-refractivity contribution in [3.8, 4) is 0 Å². The highest BCUT2D eigenvalue weighted by atomic mass is 14.6. The summed E-state index contributed by atoms with van der Waals surface area (Å²) in [7, 11) is 0. The largest absolute Gasteiger partial charge is 0.321 e. The zero-order chi connectivity index (χ0) is 10.8. The standard InChI is InChI=1S/C14H19N/c1-10-6-5-7-11(2)13(10)14(15)12-8-3-4-9-12/h5-8,14H,3-4,9,15H2,1-2H3. The van der Waals surface area contributed by atoms with E-state index in [1.165, 1.54) is 41.5 Å². The van der Waals surface area contributed by atoms with Crippen molar-refractivity contribution < 1.29 is 0 Å². The topological polar surface area (TPSA) is 26.0 Å². The van der Waals surface area contributed by atoms with Gasteiger partial charge in [0.25, 0.3) is 0 Å². The normalized spacial score (nSPS) is 17.7. The lowest BCUT2D eigenvalue weighted by Crippen LogP contribution is -2.15. The molecule has 0 spiro atoms. The molecule has 1 aliphatic rings. The van der Waals surface area contributed by atoms with E-state index in [1.807, 2.05) is 0 Å². The van der Waals surface area contributed by atoms with Gasteiger partial charge in [-0.3, -0.25) is 0 Å². The molecule has 0 bridgehead atoms. The molecule has 1 unspecified atom stereocenters. The minimum Gasteiger partial charge on any atom is -0.321 e. The lowest BCUT2D eigenvalue weighted by molar-refractivity contribution is 0.774. The van der Waals surface area contributed by atoms with E-state index in [1.54, 1.807) is 0 Å². The van der Waals surface area contributed by atoms with Gasteiger partial charge in [0.1, 0.15) is 0 Å². The Balaban J connectivity index is 2.36. The summed E-state index contributed by atoms with van der Waals surface area (Å²) in [6, 6.07) is 6.52. The Hall–Kier alpha value is -1.08. The molecule has 0 saturated carbocycles. The molecule has 0 aliphatic heterocycles. The molecule has 0 aromatic heterocycles. The molecular formula is C14H19N. The lowest BCUT2D eigenvalue weighted by Gasteiger charge is -2.18. The summed E-state index contributed by atoms with van der Waals surface area (Å²) in [4.78, 5) is 0. The molecule has 1 atom stereocenters. The molecule has 2 rings (SSSR count). The van der Waals surface area contributed by atoms with Gasteiger partial charge in [-0.2, -0.15) is 0 Å². The molecular weight excluding hydrogens is 182 g/mol. The van der Waals surface area contributed by atoms with Gasteiger partial charge in [0.15, 0.2) is 0 Å². The van der Waals surface area contributed by atoms with Crippen LogP contribution >= 0.6 is 0 Å². The molecule has 2 N–H and O–H groups in total. The summed E-state index contributed by atoms with van der Waals surface area (Å²) in [6.45, 7) is 4.30. The summed E-state index contributed by atoms with van der Waals surface area (Å²) >= 11 is 0. The van der Waals surface area contributed by atoms with Crippen molar-refractivity contribution in [1.29, 1.82) is 0 Å². The number of nitrogens with two attached hydrogens (primary N) is 1. The zero-order valence-electron chi connectivity index (χ0n) is 9.59. The summed E-state index contributed by atoms with van der Waals surface area (Å²) in [6.07, 6.45) is 5.97. The molecule has 0 amide bonds. The third-order valence-electron chi connectivity index (χ3n) is 3.33. The van der Waals surface area contributed by atoms with E-state index >= 15 is 0 Å². The number of allylic oxidation sites excluding steroid dienone is 1. The third-order valence-corrected chi connectivity index (χ3v) is 3.33. The van der Waals surface area contributed by atoms with Crippen LogP contribution in [-0.4, -0.2) is 0 Å². The van der Waals surface area contributed by atoms with Crippen molar-refractivity contribution in [2.75, 3.05) is 0 Å². The minimum atomic E-state index is 0.119. The number of hydrogen-bond donors (Lipinski definition) is 1. The number of hydrogen-bond acceptors (Lipinski definition) is 1. The average Bonchev–Trinajstić information content (AvgIpc) is 2.69. The van der Waals surface area contributed by atoms with Crippen LogP contribution < -0.4 is 5.73 Å². The first-order chi connectivity index (χ1) is 7.20. The van der Waals surface area contributed by atoms with Crippen molar-refractivity contribution >= 4 is 0 Å². The second-order valence-electron chi connectivity index (χ2n) is 4.45. The van der Waals surface area contributed by atoms with E-state index in [0.717, 1.165) is 0 Å². The van der Waals surface area contributed by atoms with Crippen LogP contribution in [0.15, 0.2) is 29.8 Å². The van der Waals surface area contributed by atoms with Gasteiger partial charge in [0, 0.05) is 0 Å². The van der Waals surface area contributed by atoms with E-state index in [-0.39, 0.29) is 6.04 Å². The van der Waals surface area contributed by atoms with Gasteiger partial charge in [0.2, 0.25) is 0 Å². The summed E-state index contributed by atoms with van der Waals surface area (Å²) in [5.74, 6) is 0. The summed E-state index contributed by atoms with van der Waals surface area (Å²) in [5.41, 5.74) is 11.7. The Kier molecular flexibility index (Phi) is 2.92. The Morgan fingerprint density at radius 2 is 1.87 bits per heavy atom. The fourth-order valence-electron chi connectivity index (χ4n) is 2.48. The minimum absolute atomic E-state index is 0.119. The molecule has 0 radical (unpaired) electrons. The van der Waals surface area contributed by atoms with Crippen LogP contribution in [0, 0.1) is 13.8 Å². The van der Waals surface area contributed by atoms with Crippen LogP contribution in [0.25, 0.3) is 0 Å². The zero-order valence-corrected chi connectivity index (χ0v) is 9.59. The quantitative estimate of drug-likeness (QED) is 0.729. The molecule has 0 fully saturated rings. The highest BCUT2D eigenvalue weighted by Gasteiger charge is 2.17. The third kappa shape index (κ3) is 1.98. The van der Waals surface area contributed by atoms with Gasteiger partial charge in [0.05, 0.1) is 6.04 Å². The SMILES string of the molecule is Cc1cccc(C)c1C(N)C1=CCCC1. The van der Waals surface area contributed by atoms with E-state index in [4.69, 9.17) is 5.73 Å². The Bertz CT molecular complexity index is 370. The van der Waals surface area contributed by atoms with Crippen molar-refractivity contribution in [2.45, 2.75) is 39.2 Å². The molecule has 80 valence electrons. The monoisotopic (exact) mass is 201 g/mol. The molecule has 1 aromatic carbocycles. The fraction of sp³-hybridized carbons (Fsp3) is 0.429. The maximum absolute atomic E-state index is 6.33. The molecule has 1 aliphatic carbocycles. The summed E-state index contributed by atoms with van der Waals surface area (Å²) in [5, 5.41) is 0. The van der Waals surface area contributed by atoms with Crippen LogP contribution in [-0.2, 0) is 0 Å².